The molecular formula is C16H28N2O. The summed E-state index contributed by atoms with van der Waals surface area (Å²) in [5.41, 5.74) is 1.30. The fraction of sp³-hybridized carbons (Fsp3) is 0.750. The predicted octanol–water partition coefficient (Wildman–Crippen LogP) is 3.33. The Balaban J connectivity index is 1.72. The number of hydrogen-bond acceptors (Lipinski definition) is 3. The zero-order valence-corrected chi connectivity index (χ0v) is 12.6. The highest BCUT2D eigenvalue weighted by atomic mass is 16.3. The summed E-state index contributed by atoms with van der Waals surface area (Å²) in [6, 6.07) is 3.38. The Morgan fingerprint density at radius 3 is 2.74 bits per heavy atom. The number of hydrogen-bond donors (Lipinski definition) is 1. The van der Waals surface area contributed by atoms with Crippen LogP contribution in [0.2, 0.25) is 0 Å². The first-order chi connectivity index (χ1) is 9.16. The van der Waals surface area contributed by atoms with Gasteiger partial charge in [-0.05, 0) is 39.8 Å². The molecule has 19 heavy (non-hydrogen) atoms. The molecular weight excluding hydrogens is 236 g/mol. The molecule has 1 heterocycles. The highest BCUT2D eigenvalue weighted by Gasteiger charge is 2.16. The molecule has 1 unspecified atom stereocenters. The molecule has 1 N–H and O–H groups in total. The number of furan rings is 1. The maximum atomic E-state index is 5.36. The molecule has 1 fully saturated rings. The van der Waals surface area contributed by atoms with Crippen molar-refractivity contribution in [3.8, 4) is 0 Å². The Kier molecular flexibility index (Phi) is 5.46. The zero-order valence-electron chi connectivity index (χ0n) is 12.6. The smallest absolute Gasteiger partial charge is 0.105 e. The van der Waals surface area contributed by atoms with Gasteiger partial charge >= 0.3 is 0 Å². The van der Waals surface area contributed by atoms with Crippen LogP contribution in [0.25, 0.3) is 0 Å². The lowest BCUT2D eigenvalue weighted by Gasteiger charge is -2.29. The molecule has 1 aliphatic carbocycles. The molecule has 1 saturated carbocycles. The third kappa shape index (κ3) is 4.36. The van der Waals surface area contributed by atoms with Crippen LogP contribution < -0.4 is 5.32 Å². The van der Waals surface area contributed by atoms with Crippen molar-refractivity contribution < 1.29 is 4.42 Å². The van der Waals surface area contributed by atoms with Crippen LogP contribution in [0.5, 0.6) is 0 Å². The standard InChI is InChI=1S/C16H28N2O/c1-13(11-17-16-7-5-4-6-8-16)18(3)12-15-9-10-19-14(15)2/h9-10,13,16-17H,4-8,11-12H2,1-3H3. The highest BCUT2D eigenvalue weighted by Crippen LogP contribution is 2.17. The summed E-state index contributed by atoms with van der Waals surface area (Å²) in [5, 5.41) is 3.73. The third-order valence-corrected chi connectivity index (χ3v) is 4.45. The molecule has 0 radical (unpaired) electrons. The van der Waals surface area contributed by atoms with Crippen molar-refractivity contribution in [2.45, 2.75) is 64.6 Å². The van der Waals surface area contributed by atoms with E-state index in [2.05, 4.69) is 30.3 Å². The van der Waals surface area contributed by atoms with Gasteiger partial charge in [-0.2, -0.15) is 0 Å². The Bertz CT molecular complexity index is 369. The second kappa shape index (κ2) is 7.11. The van der Waals surface area contributed by atoms with Gasteiger partial charge in [0.2, 0.25) is 0 Å². The molecule has 1 aromatic rings. The van der Waals surface area contributed by atoms with Crippen LogP contribution in [0.15, 0.2) is 16.7 Å². The van der Waals surface area contributed by atoms with E-state index in [9.17, 15) is 0 Å². The fourth-order valence-electron chi connectivity index (χ4n) is 2.80. The molecule has 0 aromatic carbocycles. The summed E-state index contributed by atoms with van der Waals surface area (Å²) in [4.78, 5) is 2.40. The Hall–Kier alpha value is -0.800. The van der Waals surface area contributed by atoms with Crippen LogP contribution in [0.3, 0.4) is 0 Å². The van der Waals surface area contributed by atoms with Gasteiger partial charge in [0.1, 0.15) is 5.76 Å². The van der Waals surface area contributed by atoms with E-state index in [1.165, 1.54) is 37.7 Å². The summed E-state index contributed by atoms with van der Waals surface area (Å²) in [6.45, 7) is 6.38. The van der Waals surface area contributed by atoms with Crippen molar-refractivity contribution in [3.05, 3.63) is 23.7 Å². The van der Waals surface area contributed by atoms with Crippen molar-refractivity contribution in [1.29, 1.82) is 0 Å². The first kappa shape index (κ1) is 14.6. The van der Waals surface area contributed by atoms with Gasteiger partial charge in [0, 0.05) is 30.7 Å². The number of aryl methyl sites for hydroxylation is 1. The molecule has 1 atom stereocenters. The van der Waals surface area contributed by atoms with E-state index in [4.69, 9.17) is 4.42 Å². The Labute approximate surface area is 117 Å². The van der Waals surface area contributed by atoms with E-state index in [1.54, 1.807) is 6.26 Å². The topological polar surface area (TPSA) is 28.4 Å². The third-order valence-electron chi connectivity index (χ3n) is 4.45. The minimum atomic E-state index is 0.552. The molecule has 0 bridgehead atoms. The molecule has 1 aromatic heterocycles. The van der Waals surface area contributed by atoms with Crippen molar-refractivity contribution in [1.82, 2.24) is 10.2 Å². The lowest BCUT2D eigenvalue weighted by Crippen LogP contribution is -2.42. The zero-order chi connectivity index (χ0) is 13.7. The van der Waals surface area contributed by atoms with Crippen molar-refractivity contribution in [2.24, 2.45) is 0 Å². The van der Waals surface area contributed by atoms with Gasteiger partial charge in [0.25, 0.3) is 0 Å². The molecule has 1 aliphatic rings. The largest absolute Gasteiger partial charge is 0.469 e. The number of rotatable bonds is 6. The van der Waals surface area contributed by atoms with E-state index in [0.717, 1.165) is 24.9 Å². The maximum absolute atomic E-state index is 5.36. The van der Waals surface area contributed by atoms with Gasteiger partial charge in [-0.3, -0.25) is 4.90 Å². The summed E-state index contributed by atoms with van der Waals surface area (Å²) in [6.07, 6.45) is 8.72. The summed E-state index contributed by atoms with van der Waals surface area (Å²) < 4.78 is 5.36. The monoisotopic (exact) mass is 264 g/mol. The minimum absolute atomic E-state index is 0.552. The van der Waals surface area contributed by atoms with Crippen LogP contribution in [0.1, 0.15) is 50.4 Å². The van der Waals surface area contributed by atoms with Gasteiger partial charge in [0.05, 0.1) is 6.26 Å². The lowest BCUT2D eigenvalue weighted by atomic mass is 9.95. The fourth-order valence-corrected chi connectivity index (χ4v) is 2.80. The average Bonchev–Trinajstić information content (AvgIpc) is 2.82. The molecule has 2 rings (SSSR count). The van der Waals surface area contributed by atoms with Gasteiger partial charge in [0.15, 0.2) is 0 Å². The number of nitrogens with zero attached hydrogens (tertiary/aromatic N) is 1. The first-order valence-corrected chi connectivity index (χ1v) is 7.63. The predicted molar refractivity (Wildman–Crippen MR) is 79.2 cm³/mol. The van der Waals surface area contributed by atoms with E-state index in [0.29, 0.717) is 6.04 Å². The molecule has 108 valence electrons. The maximum Gasteiger partial charge on any atom is 0.105 e. The number of nitrogens with one attached hydrogen (secondary N) is 1. The molecule has 3 heteroatoms. The molecule has 0 amide bonds. The van der Waals surface area contributed by atoms with Crippen molar-refractivity contribution in [2.75, 3.05) is 13.6 Å². The average molecular weight is 264 g/mol. The Morgan fingerprint density at radius 2 is 2.11 bits per heavy atom. The minimum Gasteiger partial charge on any atom is -0.469 e. The Morgan fingerprint density at radius 1 is 1.37 bits per heavy atom. The summed E-state index contributed by atoms with van der Waals surface area (Å²) in [5.74, 6) is 1.04. The van der Waals surface area contributed by atoms with Crippen LogP contribution in [-0.2, 0) is 6.54 Å². The van der Waals surface area contributed by atoms with E-state index < -0.39 is 0 Å². The quantitative estimate of drug-likeness (QED) is 0.854. The van der Waals surface area contributed by atoms with Crippen LogP contribution in [0.4, 0.5) is 0 Å². The van der Waals surface area contributed by atoms with Crippen molar-refractivity contribution in [3.63, 3.8) is 0 Å². The van der Waals surface area contributed by atoms with Crippen LogP contribution in [0, 0.1) is 6.92 Å². The van der Waals surface area contributed by atoms with E-state index in [1.807, 2.05) is 6.92 Å². The van der Waals surface area contributed by atoms with Gasteiger partial charge < -0.3 is 9.73 Å². The summed E-state index contributed by atoms with van der Waals surface area (Å²) >= 11 is 0. The molecule has 3 nitrogen and oxygen atoms in total. The van der Waals surface area contributed by atoms with E-state index >= 15 is 0 Å². The van der Waals surface area contributed by atoms with Crippen molar-refractivity contribution >= 4 is 0 Å². The van der Waals surface area contributed by atoms with Crippen LogP contribution >= 0.6 is 0 Å². The van der Waals surface area contributed by atoms with Gasteiger partial charge in [-0.25, -0.2) is 0 Å². The lowest BCUT2D eigenvalue weighted by molar-refractivity contribution is 0.229. The highest BCUT2D eigenvalue weighted by molar-refractivity contribution is 5.15. The van der Waals surface area contributed by atoms with E-state index in [-0.39, 0.29) is 0 Å². The SMILES string of the molecule is Cc1occc1CN(C)C(C)CNC1CCCCC1. The number of likely N-dealkylation sites (N-methyl/N-ethyl adjacent to an activating group) is 1. The molecule has 0 aliphatic heterocycles. The normalized spacial score (nSPS) is 18.9. The second-order valence-electron chi connectivity index (χ2n) is 6.01. The molecule has 0 saturated heterocycles. The van der Waals surface area contributed by atoms with Gasteiger partial charge in [-0.1, -0.05) is 19.3 Å². The van der Waals surface area contributed by atoms with Crippen LogP contribution in [-0.4, -0.2) is 30.6 Å². The van der Waals surface area contributed by atoms with Gasteiger partial charge in [-0.15, -0.1) is 0 Å². The first-order valence-electron chi connectivity index (χ1n) is 7.63. The second-order valence-corrected chi connectivity index (χ2v) is 6.01. The molecule has 0 spiro atoms. The summed E-state index contributed by atoms with van der Waals surface area (Å²) in [7, 11) is 2.19.